The summed E-state index contributed by atoms with van der Waals surface area (Å²) in [6.07, 6.45) is -9.15. The van der Waals surface area contributed by atoms with Gasteiger partial charge < -0.3 is 18.4 Å². The van der Waals surface area contributed by atoms with Crippen molar-refractivity contribution < 1.29 is 45.1 Å². The van der Waals surface area contributed by atoms with Crippen molar-refractivity contribution in [1.29, 1.82) is 0 Å². The third kappa shape index (κ3) is 5.84. The van der Waals surface area contributed by atoms with Gasteiger partial charge in [-0.2, -0.15) is 31.3 Å². The smallest absolute Gasteiger partial charge is 0.425 e. The van der Waals surface area contributed by atoms with E-state index in [4.69, 9.17) is 9.26 Å². The topological polar surface area (TPSA) is 91.8 Å². The molecule has 0 bridgehead atoms. The van der Waals surface area contributed by atoms with Gasteiger partial charge in [-0.15, -0.1) is 0 Å². The molecule has 1 aromatic carbocycles. The zero-order chi connectivity index (χ0) is 27.0. The van der Waals surface area contributed by atoms with E-state index in [0.717, 1.165) is 12.1 Å². The maximum absolute atomic E-state index is 13.6. The van der Waals surface area contributed by atoms with Crippen molar-refractivity contribution in [2.75, 3.05) is 6.61 Å². The van der Waals surface area contributed by atoms with E-state index in [2.05, 4.69) is 19.9 Å². The molecule has 0 aliphatic heterocycles. The Labute approximate surface area is 204 Å². The van der Waals surface area contributed by atoms with Gasteiger partial charge in [0.2, 0.25) is 5.82 Å². The number of alkyl halides is 6. The van der Waals surface area contributed by atoms with Gasteiger partial charge in [0, 0.05) is 23.5 Å². The average Bonchev–Trinajstić information content (AvgIpc) is 3.44. The highest BCUT2D eigenvalue weighted by Gasteiger charge is 2.41. The Kier molecular flexibility index (Phi) is 6.84. The van der Waals surface area contributed by atoms with Crippen LogP contribution in [0.3, 0.4) is 0 Å². The van der Waals surface area contributed by atoms with Crippen molar-refractivity contribution in [2.24, 2.45) is 0 Å². The summed E-state index contributed by atoms with van der Waals surface area (Å²) in [6, 6.07) is 5.66. The number of pyridine rings is 1. The summed E-state index contributed by atoms with van der Waals surface area (Å²) in [7, 11) is 0. The number of imidazole rings is 1. The number of hydrogen-bond donors (Lipinski definition) is 0. The van der Waals surface area contributed by atoms with Gasteiger partial charge in [0.1, 0.15) is 11.4 Å². The zero-order valence-electron chi connectivity index (χ0n) is 19.2. The minimum Gasteiger partial charge on any atom is -0.481 e. The average molecular weight is 528 g/mol. The van der Waals surface area contributed by atoms with E-state index in [9.17, 15) is 31.1 Å². The lowest BCUT2D eigenvalue weighted by Gasteiger charge is -2.20. The number of hydrogen-bond acceptors (Lipinski definition) is 7. The number of aromatic nitrogens is 4. The van der Waals surface area contributed by atoms with Gasteiger partial charge >= 0.3 is 18.3 Å². The van der Waals surface area contributed by atoms with Crippen LogP contribution in [0.15, 0.2) is 47.2 Å². The summed E-state index contributed by atoms with van der Waals surface area (Å²) in [6.45, 7) is 2.53. The number of ether oxygens (including phenoxy) is 2. The molecule has 1 atom stereocenters. The lowest BCUT2D eigenvalue weighted by Crippen LogP contribution is -2.31. The monoisotopic (exact) mass is 528 g/mol. The maximum atomic E-state index is 13.6. The molecule has 1 unspecified atom stereocenters. The molecule has 4 aromatic rings. The van der Waals surface area contributed by atoms with Crippen molar-refractivity contribution in [3.8, 4) is 28.6 Å². The van der Waals surface area contributed by atoms with Gasteiger partial charge in [-0.1, -0.05) is 5.16 Å². The normalized spacial score (nSPS) is 13.1. The van der Waals surface area contributed by atoms with Crippen molar-refractivity contribution in [1.82, 2.24) is 19.5 Å². The van der Waals surface area contributed by atoms with E-state index in [-0.39, 0.29) is 30.3 Å². The second-order valence-electron chi connectivity index (χ2n) is 7.83. The molecular weight excluding hydrogens is 510 g/mol. The van der Waals surface area contributed by atoms with Crippen molar-refractivity contribution in [3.63, 3.8) is 0 Å². The number of esters is 1. The van der Waals surface area contributed by atoms with Gasteiger partial charge in [0.25, 0.3) is 5.89 Å². The molecule has 37 heavy (non-hydrogen) atoms. The predicted molar refractivity (Wildman–Crippen MR) is 115 cm³/mol. The lowest BCUT2D eigenvalue weighted by molar-refractivity contribution is -0.191. The number of carbonyl (C=O) groups is 1. The molecule has 14 heteroatoms. The van der Waals surface area contributed by atoms with Crippen molar-refractivity contribution in [2.45, 2.75) is 38.7 Å². The second kappa shape index (κ2) is 9.75. The highest BCUT2D eigenvalue weighted by Crippen LogP contribution is 2.40. The first-order chi connectivity index (χ1) is 17.3. The molecule has 3 heterocycles. The van der Waals surface area contributed by atoms with Crippen LogP contribution in [0.25, 0.3) is 28.5 Å². The number of nitrogens with zero attached hydrogens (tertiary/aromatic N) is 4. The molecule has 0 saturated heterocycles. The van der Waals surface area contributed by atoms with Crippen molar-refractivity contribution in [3.05, 3.63) is 54.0 Å². The van der Waals surface area contributed by atoms with E-state index in [0.29, 0.717) is 29.9 Å². The van der Waals surface area contributed by atoms with Crippen LogP contribution in [-0.2, 0) is 22.1 Å². The molecule has 0 N–H and O–H groups in total. The van der Waals surface area contributed by atoms with Crippen LogP contribution in [0.5, 0.6) is 5.75 Å². The SMILES string of the molecule is CCOC(=O)Cc1cn2cc(-c3noc(-c4ccc(OC(C)C(F)(F)F)c(C(F)(F)F)c4)n3)ccc2n1. The fourth-order valence-corrected chi connectivity index (χ4v) is 3.32. The third-order valence-corrected chi connectivity index (χ3v) is 5.11. The Morgan fingerprint density at radius 1 is 1.05 bits per heavy atom. The number of fused-ring (bicyclic) bond motifs is 1. The fraction of sp³-hybridized carbons (Fsp3) is 0.304. The van der Waals surface area contributed by atoms with Crippen LogP contribution in [0.4, 0.5) is 26.3 Å². The molecule has 0 spiro atoms. The molecule has 0 fully saturated rings. The van der Waals surface area contributed by atoms with Crippen LogP contribution < -0.4 is 4.74 Å². The Morgan fingerprint density at radius 3 is 2.46 bits per heavy atom. The van der Waals surface area contributed by atoms with Gasteiger partial charge in [-0.3, -0.25) is 4.79 Å². The number of halogens is 6. The molecule has 8 nitrogen and oxygen atoms in total. The van der Waals surface area contributed by atoms with Crippen LogP contribution in [0.2, 0.25) is 0 Å². The van der Waals surface area contributed by atoms with E-state index in [1.807, 2.05) is 0 Å². The summed E-state index contributed by atoms with van der Waals surface area (Å²) in [5, 5.41) is 3.79. The summed E-state index contributed by atoms with van der Waals surface area (Å²) < 4.78 is 95.2. The van der Waals surface area contributed by atoms with E-state index < -0.39 is 35.7 Å². The summed E-state index contributed by atoms with van der Waals surface area (Å²) >= 11 is 0. The minimum atomic E-state index is -5.01. The molecule has 0 saturated carbocycles. The third-order valence-electron chi connectivity index (χ3n) is 5.11. The molecule has 3 aromatic heterocycles. The Morgan fingerprint density at radius 2 is 1.78 bits per heavy atom. The van der Waals surface area contributed by atoms with Gasteiger partial charge in [-0.05, 0) is 44.2 Å². The van der Waals surface area contributed by atoms with E-state index >= 15 is 0 Å². The van der Waals surface area contributed by atoms with E-state index in [1.54, 1.807) is 35.9 Å². The van der Waals surface area contributed by atoms with Gasteiger partial charge in [-0.25, -0.2) is 4.98 Å². The Hall–Kier alpha value is -4.10. The van der Waals surface area contributed by atoms with Crippen LogP contribution >= 0.6 is 0 Å². The summed E-state index contributed by atoms with van der Waals surface area (Å²) in [5.74, 6) is -1.66. The first-order valence-electron chi connectivity index (χ1n) is 10.8. The summed E-state index contributed by atoms with van der Waals surface area (Å²) in [5.41, 5.74) is -0.178. The molecule has 0 radical (unpaired) electrons. The number of benzene rings is 1. The van der Waals surface area contributed by atoms with Crippen LogP contribution in [0.1, 0.15) is 25.1 Å². The van der Waals surface area contributed by atoms with Crippen LogP contribution in [-0.4, -0.2) is 44.4 Å². The highest BCUT2D eigenvalue weighted by molar-refractivity contribution is 5.72. The Balaban J connectivity index is 1.61. The molecule has 196 valence electrons. The summed E-state index contributed by atoms with van der Waals surface area (Å²) in [4.78, 5) is 20.1. The lowest BCUT2D eigenvalue weighted by atomic mass is 10.1. The second-order valence-corrected chi connectivity index (χ2v) is 7.83. The first kappa shape index (κ1) is 26.0. The number of carbonyl (C=O) groups excluding carboxylic acids is 1. The predicted octanol–water partition coefficient (Wildman–Crippen LogP) is 5.51. The zero-order valence-corrected chi connectivity index (χ0v) is 19.2. The molecule has 0 aliphatic carbocycles. The molecule has 0 amide bonds. The largest absolute Gasteiger partial charge is 0.481 e. The van der Waals surface area contributed by atoms with Gasteiger partial charge in [0.05, 0.1) is 24.3 Å². The van der Waals surface area contributed by atoms with Crippen molar-refractivity contribution >= 4 is 11.6 Å². The fourth-order valence-electron chi connectivity index (χ4n) is 3.32. The van der Waals surface area contributed by atoms with Gasteiger partial charge in [0.15, 0.2) is 6.10 Å². The standard InChI is InChI=1S/C23H18F6N4O4/c1-3-35-19(34)9-15-11-33-10-14(5-7-18(33)30-15)20-31-21(37-32-20)13-4-6-17(16(8-13)23(27,28)29)36-12(2)22(24,25)26/h4-8,10-12H,3,9H2,1-2H3. The minimum absolute atomic E-state index is 0.0276. The highest BCUT2D eigenvalue weighted by atomic mass is 19.4. The first-order valence-corrected chi connectivity index (χ1v) is 10.8. The quantitative estimate of drug-likeness (QED) is 0.231. The molecule has 0 aliphatic rings. The van der Waals surface area contributed by atoms with Crippen LogP contribution in [0, 0.1) is 0 Å². The molecular formula is C23H18F6N4O4. The molecule has 4 rings (SSSR count). The van der Waals surface area contributed by atoms with E-state index in [1.165, 1.54) is 0 Å². The number of rotatable bonds is 7. The Bertz CT molecular complexity index is 1430. The maximum Gasteiger partial charge on any atom is 0.425 e.